The van der Waals surface area contributed by atoms with Crippen LogP contribution in [0.3, 0.4) is 0 Å². The number of hydrogen-bond acceptors (Lipinski definition) is 5. The minimum atomic E-state index is -4.25. The molecule has 0 radical (unpaired) electrons. The van der Waals surface area contributed by atoms with Gasteiger partial charge < -0.3 is 9.47 Å². The molecular formula is C17H17F2NO5S. The van der Waals surface area contributed by atoms with Gasteiger partial charge in [0.05, 0.1) is 24.8 Å². The average molecular weight is 385 g/mol. The number of benzene rings is 2. The summed E-state index contributed by atoms with van der Waals surface area (Å²) in [5, 5.41) is 0. The second kappa shape index (κ2) is 7.69. The molecule has 0 saturated heterocycles. The summed E-state index contributed by atoms with van der Waals surface area (Å²) in [5.41, 5.74) is 0.347. The average Bonchev–Trinajstić information content (AvgIpc) is 2.61. The van der Waals surface area contributed by atoms with E-state index in [1.807, 2.05) is 0 Å². The first-order valence-electron chi connectivity index (χ1n) is 7.40. The Labute approximate surface area is 150 Å². The summed E-state index contributed by atoms with van der Waals surface area (Å²) in [6, 6.07) is 6.67. The third-order valence-corrected chi connectivity index (χ3v) is 5.42. The number of rotatable bonds is 6. The van der Waals surface area contributed by atoms with E-state index in [1.165, 1.54) is 25.3 Å². The van der Waals surface area contributed by atoms with Gasteiger partial charge in [0.2, 0.25) is 0 Å². The highest BCUT2D eigenvalue weighted by atomic mass is 32.2. The van der Waals surface area contributed by atoms with E-state index >= 15 is 0 Å². The van der Waals surface area contributed by atoms with Crippen LogP contribution in [0.15, 0.2) is 41.3 Å². The molecule has 2 aromatic carbocycles. The Morgan fingerprint density at radius 2 is 1.77 bits per heavy atom. The van der Waals surface area contributed by atoms with Gasteiger partial charge in [-0.15, -0.1) is 0 Å². The van der Waals surface area contributed by atoms with Gasteiger partial charge in [0.1, 0.15) is 12.3 Å². The number of ether oxygens (including phenoxy) is 2. The molecule has 0 amide bonds. The summed E-state index contributed by atoms with van der Waals surface area (Å²) in [5.74, 6) is -2.75. The van der Waals surface area contributed by atoms with E-state index in [9.17, 15) is 22.0 Å². The molecule has 9 heteroatoms. The molecule has 0 bridgehead atoms. The molecule has 0 aliphatic rings. The zero-order valence-electron chi connectivity index (χ0n) is 14.3. The second-order valence-electron chi connectivity index (χ2n) is 5.32. The van der Waals surface area contributed by atoms with Crippen LogP contribution in [0, 0.1) is 18.6 Å². The number of nitrogens with zero attached hydrogens (tertiary/aromatic N) is 1. The summed E-state index contributed by atoms with van der Waals surface area (Å²) in [6.45, 7) is 0.953. The predicted octanol–water partition coefficient (Wildman–Crippen LogP) is 2.65. The molecule has 2 rings (SSSR count). The number of hydrogen-bond donors (Lipinski definition) is 0. The van der Waals surface area contributed by atoms with Gasteiger partial charge in [-0.05, 0) is 42.8 Å². The van der Waals surface area contributed by atoms with Crippen molar-refractivity contribution in [3.8, 4) is 5.75 Å². The molecular weight excluding hydrogens is 368 g/mol. The molecule has 0 spiro atoms. The summed E-state index contributed by atoms with van der Waals surface area (Å²) < 4.78 is 63.0. The molecule has 0 heterocycles. The lowest BCUT2D eigenvalue weighted by Crippen LogP contribution is -2.36. The van der Waals surface area contributed by atoms with E-state index in [0.717, 1.165) is 19.2 Å². The van der Waals surface area contributed by atoms with Crippen LogP contribution in [0.5, 0.6) is 5.75 Å². The van der Waals surface area contributed by atoms with Gasteiger partial charge >= 0.3 is 5.97 Å². The number of methoxy groups -OCH3 is 2. The zero-order chi connectivity index (χ0) is 19.5. The highest BCUT2D eigenvalue weighted by Gasteiger charge is 2.28. The molecule has 0 saturated carbocycles. The van der Waals surface area contributed by atoms with Crippen LogP contribution in [0.25, 0.3) is 0 Å². The Balaban J connectivity index is 2.57. The first kappa shape index (κ1) is 19.6. The number of carbonyl (C=O) groups excluding carboxylic acids is 1. The lowest BCUT2D eigenvalue weighted by atomic mass is 10.2. The van der Waals surface area contributed by atoms with E-state index in [0.29, 0.717) is 21.7 Å². The van der Waals surface area contributed by atoms with E-state index in [1.54, 1.807) is 6.92 Å². The zero-order valence-corrected chi connectivity index (χ0v) is 15.1. The normalized spacial score (nSPS) is 11.1. The van der Waals surface area contributed by atoms with Crippen molar-refractivity contribution in [1.29, 1.82) is 0 Å². The molecule has 2 aromatic rings. The van der Waals surface area contributed by atoms with Crippen LogP contribution in [0.1, 0.15) is 5.56 Å². The topological polar surface area (TPSA) is 72.9 Å². The van der Waals surface area contributed by atoms with Gasteiger partial charge in [0, 0.05) is 6.07 Å². The van der Waals surface area contributed by atoms with Gasteiger partial charge in [0.15, 0.2) is 11.6 Å². The lowest BCUT2D eigenvalue weighted by Gasteiger charge is -2.24. The van der Waals surface area contributed by atoms with Crippen molar-refractivity contribution in [2.45, 2.75) is 11.8 Å². The van der Waals surface area contributed by atoms with Gasteiger partial charge in [0.25, 0.3) is 10.0 Å². The highest BCUT2D eigenvalue weighted by Crippen LogP contribution is 2.28. The Bertz CT molecular complexity index is 931. The fourth-order valence-electron chi connectivity index (χ4n) is 2.28. The van der Waals surface area contributed by atoms with Crippen molar-refractivity contribution in [3.63, 3.8) is 0 Å². The number of esters is 1. The van der Waals surface area contributed by atoms with Crippen molar-refractivity contribution in [2.75, 3.05) is 25.1 Å². The number of sulfonamides is 1. The number of anilines is 1. The van der Waals surface area contributed by atoms with Crippen molar-refractivity contribution >= 4 is 21.7 Å². The lowest BCUT2D eigenvalue weighted by molar-refractivity contribution is -0.138. The Morgan fingerprint density at radius 3 is 2.31 bits per heavy atom. The molecule has 0 unspecified atom stereocenters. The van der Waals surface area contributed by atoms with Crippen LogP contribution in [0.4, 0.5) is 14.5 Å². The van der Waals surface area contributed by atoms with Crippen LogP contribution in [0.2, 0.25) is 0 Å². The maximum Gasteiger partial charge on any atom is 0.326 e. The largest absolute Gasteiger partial charge is 0.496 e. The number of carbonyl (C=O) groups is 1. The van der Waals surface area contributed by atoms with Gasteiger partial charge in [-0.2, -0.15) is 0 Å². The molecule has 140 valence electrons. The Morgan fingerprint density at radius 1 is 1.08 bits per heavy atom. The van der Waals surface area contributed by atoms with E-state index in [2.05, 4.69) is 4.74 Å². The van der Waals surface area contributed by atoms with Crippen LogP contribution in [-0.4, -0.2) is 35.2 Å². The smallest absolute Gasteiger partial charge is 0.326 e. The molecule has 0 fully saturated rings. The minimum absolute atomic E-state index is 0.135. The maximum absolute atomic E-state index is 13.6. The van der Waals surface area contributed by atoms with Crippen molar-refractivity contribution in [1.82, 2.24) is 0 Å². The monoisotopic (exact) mass is 385 g/mol. The van der Waals surface area contributed by atoms with Crippen molar-refractivity contribution in [3.05, 3.63) is 53.6 Å². The third-order valence-electron chi connectivity index (χ3n) is 3.65. The fraction of sp³-hybridized carbons (Fsp3) is 0.235. The molecule has 0 aliphatic heterocycles. The first-order chi connectivity index (χ1) is 12.2. The van der Waals surface area contributed by atoms with Gasteiger partial charge in [-0.3, -0.25) is 9.10 Å². The molecule has 0 aliphatic carbocycles. The first-order valence-corrected chi connectivity index (χ1v) is 8.84. The van der Waals surface area contributed by atoms with Crippen LogP contribution in [-0.2, 0) is 19.6 Å². The van der Waals surface area contributed by atoms with E-state index in [4.69, 9.17) is 4.74 Å². The predicted molar refractivity (Wildman–Crippen MR) is 90.6 cm³/mol. The number of halogens is 2. The standard InChI is InChI=1S/C17H17F2NO5S/c1-11-8-13(5-7-16(11)24-2)26(22,23)20(10-17(21)25-3)12-4-6-14(18)15(19)9-12/h4-9H,10H2,1-3H3. The minimum Gasteiger partial charge on any atom is -0.496 e. The number of aryl methyl sites for hydroxylation is 1. The molecule has 0 N–H and O–H groups in total. The summed E-state index contributed by atoms with van der Waals surface area (Å²) >= 11 is 0. The molecule has 0 aromatic heterocycles. The third kappa shape index (κ3) is 3.93. The van der Waals surface area contributed by atoms with E-state index in [-0.39, 0.29) is 10.6 Å². The Kier molecular flexibility index (Phi) is 5.81. The molecule has 0 atom stereocenters. The van der Waals surface area contributed by atoms with Crippen molar-refractivity contribution < 1.29 is 31.5 Å². The molecule has 26 heavy (non-hydrogen) atoms. The SMILES string of the molecule is COC(=O)CN(c1ccc(F)c(F)c1)S(=O)(=O)c1ccc(OC)c(C)c1. The summed E-state index contributed by atoms with van der Waals surface area (Å²) in [4.78, 5) is 11.5. The van der Waals surface area contributed by atoms with E-state index < -0.39 is 34.2 Å². The molecule has 6 nitrogen and oxygen atoms in total. The fourth-order valence-corrected chi connectivity index (χ4v) is 3.76. The van der Waals surface area contributed by atoms with Crippen LogP contribution >= 0.6 is 0 Å². The quantitative estimate of drug-likeness (QED) is 0.715. The van der Waals surface area contributed by atoms with Crippen LogP contribution < -0.4 is 9.04 Å². The summed E-state index contributed by atoms with van der Waals surface area (Å²) in [6.07, 6.45) is 0. The van der Waals surface area contributed by atoms with Gasteiger partial charge in [-0.1, -0.05) is 0 Å². The maximum atomic E-state index is 13.6. The van der Waals surface area contributed by atoms with Crippen molar-refractivity contribution in [2.24, 2.45) is 0 Å². The Hall–Kier alpha value is -2.68. The van der Waals surface area contributed by atoms with Gasteiger partial charge in [-0.25, -0.2) is 17.2 Å². The summed E-state index contributed by atoms with van der Waals surface area (Å²) in [7, 11) is -1.71. The highest BCUT2D eigenvalue weighted by molar-refractivity contribution is 7.92. The second-order valence-corrected chi connectivity index (χ2v) is 7.18.